The fourth-order valence-corrected chi connectivity index (χ4v) is 3.04. The fourth-order valence-electron chi connectivity index (χ4n) is 3.04. The van der Waals surface area contributed by atoms with E-state index in [1.54, 1.807) is 19.5 Å². The number of hydrogen-bond acceptors (Lipinski definition) is 5. The molecule has 1 aromatic heterocycles. The van der Waals surface area contributed by atoms with Crippen LogP contribution in [-0.4, -0.2) is 37.2 Å². The lowest BCUT2D eigenvalue weighted by atomic mass is 10.2. The van der Waals surface area contributed by atoms with Crippen molar-refractivity contribution < 1.29 is 14.3 Å². The first kappa shape index (κ1) is 18.0. The van der Waals surface area contributed by atoms with E-state index in [1.165, 1.54) is 12.8 Å². The number of methoxy groups -OCH3 is 1. The van der Waals surface area contributed by atoms with Crippen molar-refractivity contribution in [2.45, 2.75) is 31.7 Å². The summed E-state index contributed by atoms with van der Waals surface area (Å²) in [7, 11) is 1.63. The lowest BCUT2D eigenvalue weighted by molar-refractivity contribution is 0.0937. The van der Waals surface area contributed by atoms with Crippen LogP contribution in [0.25, 0.3) is 0 Å². The molecule has 1 aliphatic rings. The number of nitrogens with zero attached hydrogens (tertiary/aromatic N) is 1. The lowest BCUT2D eigenvalue weighted by Crippen LogP contribution is -2.32. The van der Waals surface area contributed by atoms with E-state index in [4.69, 9.17) is 9.47 Å². The van der Waals surface area contributed by atoms with Crippen molar-refractivity contribution in [3.63, 3.8) is 0 Å². The number of carbonyl (C=O) groups excluding carboxylic acids is 1. The number of rotatable bonds is 8. The van der Waals surface area contributed by atoms with Crippen LogP contribution in [0.5, 0.6) is 11.5 Å². The van der Waals surface area contributed by atoms with Gasteiger partial charge in [0.25, 0.3) is 5.91 Å². The van der Waals surface area contributed by atoms with Gasteiger partial charge in [0.1, 0.15) is 18.1 Å². The molecule has 1 aliphatic carbocycles. The second kappa shape index (κ2) is 9.08. The van der Waals surface area contributed by atoms with Gasteiger partial charge in [-0.15, -0.1) is 0 Å². The van der Waals surface area contributed by atoms with Gasteiger partial charge >= 0.3 is 0 Å². The molecular formula is C20H25N3O3. The fraction of sp³-hybridized carbons (Fsp3) is 0.400. The topological polar surface area (TPSA) is 72.5 Å². The minimum Gasteiger partial charge on any atom is -0.497 e. The van der Waals surface area contributed by atoms with Gasteiger partial charge in [-0.25, -0.2) is 0 Å². The minimum atomic E-state index is -0.0532. The van der Waals surface area contributed by atoms with E-state index >= 15 is 0 Å². The predicted octanol–water partition coefficient (Wildman–Crippen LogP) is 3.25. The first-order chi connectivity index (χ1) is 12.7. The van der Waals surface area contributed by atoms with E-state index in [0.717, 1.165) is 30.0 Å². The Morgan fingerprint density at radius 3 is 2.62 bits per heavy atom. The summed E-state index contributed by atoms with van der Waals surface area (Å²) in [4.78, 5) is 16.5. The Bertz CT molecular complexity index is 712. The van der Waals surface area contributed by atoms with Gasteiger partial charge in [0.2, 0.25) is 0 Å². The summed E-state index contributed by atoms with van der Waals surface area (Å²) < 4.78 is 10.8. The molecule has 1 amide bonds. The highest BCUT2D eigenvalue weighted by Crippen LogP contribution is 2.19. The molecule has 0 atom stereocenters. The van der Waals surface area contributed by atoms with Crippen LogP contribution in [0.15, 0.2) is 42.7 Å². The molecule has 3 rings (SSSR count). The van der Waals surface area contributed by atoms with Gasteiger partial charge in [-0.3, -0.25) is 9.78 Å². The van der Waals surface area contributed by atoms with E-state index in [1.807, 2.05) is 30.3 Å². The van der Waals surface area contributed by atoms with Crippen LogP contribution in [0.3, 0.4) is 0 Å². The van der Waals surface area contributed by atoms with Gasteiger partial charge in [0.05, 0.1) is 18.4 Å². The summed E-state index contributed by atoms with van der Waals surface area (Å²) >= 11 is 0. The summed E-state index contributed by atoms with van der Waals surface area (Å²) in [6.07, 6.45) is 7.83. The Labute approximate surface area is 153 Å². The van der Waals surface area contributed by atoms with Gasteiger partial charge in [0.15, 0.2) is 0 Å². The zero-order valence-corrected chi connectivity index (χ0v) is 15.0. The van der Waals surface area contributed by atoms with Crippen LogP contribution in [0, 0.1) is 0 Å². The smallest absolute Gasteiger partial charge is 0.253 e. The van der Waals surface area contributed by atoms with E-state index in [0.29, 0.717) is 24.8 Å². The molecule has 0 aliphatic heterocycles. The quantitative estimate of drug-likeness (QED) is 0.711. The standard InChI is InChI=1S/C20H25N3O3/c1-25-18-6-8-19(9-7-18)26-11-10-22-17-12-15(13-21-14-17)20(24)23-16-4-2-3-5-16/h6-9,12-14,16,22H,2-5,10-11H2,1H3,(H,23,24). The SMILES string of the molecule is COc1ccc(OCCNc2cncc(C(=O)NC3CCCC3)c2)cc1. The molecule has 1 saturated carbocycles. The van der Waals surface area contributed by atoms with Crippen LogP contribution in [-0.2, 0) is 0 Å². The lowest BCUT2D eigenvalue weighted by Gasteiger charge is -2.13. The maximum Gasteiger partial charge on any atom is 0.253 e. The van der Waals surface area contributed by atoms with E-state index in [2.05, 4.69) is 15.6 Å². The number of carbonyl (C=O) groups is 1. The van der Waals surface area contributed by atoms with Crippen molar-refractivity contribution in [1.82, 2.24) is 10.3 Å². The minimum absolute atomic E-state index is 0.0532. The molecular weight excluding hydrogens is 330 g/mol. The number of ether oxygens (including phenoxy) is 2. The monoisotopic (exact) mass is 355 g/mol. The summed E-state index contributed by atoms with van der Waals surface area (Å²) in [6, 6.07) is 9.59. The average molecular weight is 355 g/mol. The molecule has 2 aromatic rings. The number of hydrogen-bond donors (Lipinski definition) is 2. The zero-order chi connectivity index (χ0) is 18.2. The van der Waals surface area contributed by atoms with E-state index in [9.17, 15) is 4.79 Å². The second-order valence-electron chi connectivity index (χ2n) is 6.37. The van der Waals surface area contributed by atoms with Gasteiger partial charge in [-0.1, -0.05) is 12.8 Å². The van der Waals surface area contributed by atoms with Crippen molar-refractivity contribution >= 4 is 11.6 Å². The molecule has 6 heteroatoms. The third kappa shape index (κ3) is 5.12. The Hall–Kier alpha value is -2.76. The number of anilines is 1. The summed E-state index contributed by atoms with van der Waals surface area (Å²) in [6.45, 7) is 1.12. The van der Waals surface area contributed by atoms with Gasteiger partial charge in [-0.05, 0) is 43.2 Å². The number of amides is 1. The Morgan fingerprint density at radius 1 is 1.15 bits per heavy atom. The molecule has 1 fully saturated rings. The normalized spacial score (nSPS) is 14.0. The van der Waals surface area contributed by atoms with Crippen molar-refractivity contribution in [2.75, 3.05) is 25.6 Å². The molecule has 1 heterocycles. The second-order valence-corrected chi connectivity index (χ2v) is 6.37. The highest BCUT2D eigenvalue weighted by Gasteiger charge is 2.18. The third-order valence-corrected chi connectivity index (χ3v) is 4.45. The first-order valence-corrected chi connectivity index (χ1v) is 9.01. The van der Waals surface area contributed by atoms with Crippen LogP contribution in [0.4, 0.5) is 5.69 Å². The van der Waals surface area contributed by atoms with Crippen molar-refractivity contribution in [2.24, 2.45) is 0 Å². The molecule has 1 aromatic carbocycles. The Morgan fingerprint density at radius 2 is 1.88 bits per heavy atom. The van der Waals surface area contributed by atoms with Crippen LogP contribution in [0.1, 0.15) is 36.0 Å². The summed E-state index contributed by atoms with van der Waals surface area (Å²) in [5, 5.41) is 6.31. The number of benzene rings is 1. The van der Waals surface area contributed by atoms with E-state index < -0.39 is 0 Å². The molecule has 138 valence electrons. The van der Waals surface area contributed by atoms with Crippen molar-refractivity contribution in [3.05, 3.63) is 48.3 Å². The van der Waals surface area contributed by atoms with Gasteiger partial charge in [0, 0.05) is 25.0 Å². The van der Waals surface area contributed by atoms with Crippen LogP contribution >= 0.6 is 0 Å². The first-order valence-electron chi connectivity index (χ1n) is 9.01. The Balaban J connectivity index is 1.44. The van der Waals surface area contributed by atoms with Crippen molar-refractivity contribution in [3.8, 4) is 11.5 Å². The largest absolute Gasteiger partial charge is 0.497 e. The maximum absolute atomic E-state index is 12.3. The number of pyridine rings is 1. The predicted molar refractivity (Wildman–Crippen MR) is 101 cm³/mol. The Kier molecular flexibility index (Phi) is 6.30. The van der Waals surface area contributed by atoms with Crippen LogP contribution < -0.4 is 20.1 Å². The maximum atomic E-state index is 12.3. The molecule has 0 spiro atoms. The molecule has 26 heavy (non-hydrogen) atoms. The van der Waals surface area contributed by atoms with Crippen LogP contribution in [0.2, 0.25) is 0 Å². The highest BCUT2D eigenvalue weighted by atomic mass is 16.5. The van der Waals surface area contributed by atoms with E-state index in [-0.39, 0.29) is 5.91 Å². The molecule has 2 N–H and O–H groups in total. The number of aromatic nitrogens is 1. The van der Waals surface area contributed by atoms with Crippen molar-refractivity contribution in [1.29, 1.82) is 0 Å². The summed E-state index contributed by atoms with van der Waals surface area (Å²) in [5.41, 5.74) is 1.39. The highest BCUT2D eigenvalue weighted by molar-refractivity contribution is 5.94. The molecule has 0 saturated heterocycles. The molecule has 0 unspecified atom stereocenters. The average Bonchev–Trinajstić information content (AvgIpc) is 3.19. The molecule has 6 nitrogen and oxygen atoms in total. The molecule has 0 bridgehead atoms. The van der Waals surface area contributed by atoms with Gasteiger partial charge in [-0.2, -0.15) is 0 Å². The summed E-state index contributed by atoms with van der Waals surface area (Å²) in [5.74, 6) is 1.53. The molecule has 0 radical (unpaired) electrons. The van der Waals surface area contributed by atoms with Gasteiger partial charge < -0.3 is 20.1 Å². The zero-order valence-electron chi connectivity index (χ0n) is 15.0. The number of nitrogens with one attached hydrogen (secondary N) is 2. The third-order valence-electron chi connectivity index (χ3n) is 4.45.